The van der Waals surface area contributed by atoms with Crippen LogP contribution in [0.2, 0.25) is 0 Å². The second-order valence-corrected chi connectivity index (χ2v) is 6.09. The van der Waals surface area contributed by atoms with E-state index >= 15 is 0 Å². The maximum absolute atomic E-state index is 12.4. The molecule has 2 aromatic rings. The molecule has 0 aliphatic carbocycles. The van der Waals surface area contributed by atoms with Crippen LogP contribution in [0.15, 0.2) is 23.6 Å². The number of aryl methyl sites for hydroxylation is 1. The van der Waals surface area contributed by atoms with Crippen molar-refractivity contribution in [1.82, 2.24) is 10.3 Å². The molecule has 0 spiro atoms. The fourth-order valence-electron chi connectivity index (χ4n) is 2.15. The molecule has 0 saturated carbocycles. The van der Waals surface area contributed by atoms with Gasteiger partial charge in [-0.2, -0.15) is 14.0 Å². The Balaban J connectivity index is 2.07. The van der Waals surface area contributed by atoms with Crippen LogP contribution in [0.3, 0.4) is 0 Å². The molecular formula is C17H17F2N3O3S. The first kappa shape index (κ1) is 19.6. The van der Waals surface area contributed by atoms with E-state index in [1.165, 1.54) is 29.5 Å². The van der Waals surface area contributed by atoms with Crippen molar-refractivity contribution in [3.63, 3.8) is 0 Å². The molecule has 0 aliphatic heterocycles. The summed E-state index contributed by atoms with van der Waals surface area (Å²) in [6.07, 6.45) is 0. The van der Waals surface area contributed by atoms with Gasteiger partial charge in [0.25, 0.3) is 0 Å². The summed E-state index contributed by atoms with van der Waals surface area (Å²) in [4.78, 5) is 16.4. The maximum atomic E-state index is 12.4. The molecule has 0 radical (unpaired) electrons. The molecule has 1 aromatic carbocycles. The summed E-state index contributed by atoms with van der Waals surface area (Å²) in [5.74, 6) is -1.40. The SMILES string of the molecule is CCOc1cc(CNC(=O)C(C#N)c2nc(C)cs2)ccc1OC(F)F. The van der Waals surface area contributed by atoms with E-state index in [-0.39, 0.29) is 24.7 Å². The highest BCUT2D eigenvalue weighted by atomic mass is 32.1. The van der Waals surface area contributed by atoms with Gasteiger partial charge in [0.05, 0.1) is 12.7 Å². The average Bonchev–Trinajstić information content (AvgIpc) is 3.01. The summed E-state index contributed by atoms with van der Waals surface area (Å²) >= 11 is 1.25. The van der Waals surface area contributed by atoms with Crippen LogP contribution in [0, 0.1) is 18.3 Å². The van der Waals surface area contributed by atoms with Gasteiger partial charge in [-0.05, 0) is 31.5 Å². The van der Waals surface area contributed by atoms with Crippen LogP contribution in [0.4, 0.5) is 8.78 Å². The van der Waals surface area contributed by atoms with Gasteiger partial charge < -0.3 is 14.8 Å². The van der Waals surface area contributed by atoms with Gasteiger partial charge in [-0.3, -0.25) is 4.79 Å². The summed E-state index contributed by atoms with van der Waals surface area (Å²) in [5, 5.41) is 14.1. The van der Waals surface area contributed by atoms with Crippen molar-refractivity contribution in [1.29, 1.82) is 5.26 Å². The van der Waals surface area contributed by atoms with Crippen molar-refractivity contribution in [2.45, 2.75) is 32.9 Å². The van der Waals surface area contributed by atoms with Crippen LogP contribution in [-0.4, -0.2) is 24.1 Å². The van der Waals surface area contributed by atoms with E-state index in [9.17, 15) is 18.8 Å². The summed E-state index contributed by atoms with van der Waals surface area (Å²) < 4.78 is 34.5. The number of rotatable bonds is 8. The van der Waals surface area contributed by atoms with Crippen LogP contribution in [0.1, 0.15) is 29.1 Å². The first-order valence-corrected chi connectivity index (χ1v) is 8.62. The molecule has 0 saturated heterocycles. The minimum atomic E-state index is -2.96. The highest BCUT2D eigenvalue weighted by Crippen LogP contribution is 2.30. The molecule has 0 aliphatic rings. The number of nitrogens with zero attached hydrogens (tertiary/aromatic N) is 2. The zero-order valence-corrected chi connectivity index (χ0v) is 15.0. The lowest BCUT2D eigenvalue weighted by Crippen LogP contribution is -2.28. The van der Waals surface area contributed by atoms with Crippen LogP contribution >= 0.6 is 11.3 Å². The van der Waals surface area contributed by atoms with Crippen molar-refractivity contribution in [3.8, 4) is 17.6 Å². The number of nitriles is 1. The Morgan fingerprint density at radius 3 is 2.77 bits per heavy atom. The number of aromatic nitrogens is 1. The Hall–Kier alpha value is -2.73. The normalized spacial score (nSPS) is 11.7. The second kappa shape index (κ2) is 9.10. The third kappa shape index (κ3) is 5.13. The molecule has 9 heteroatoms. The van der Waals surface area contributed by atoms with Gasteiger partial charge >= 0.3 is 6.61 Å². The number of nitrogens with one attached hydrogen (secondary N) is 1. The lowest BCUT2D eigenvalue weighted by molar-refractivity contribution is -0.121. The molecular weight excluding hydrogens is 364 g/mol. The number of amides is 1. The molecule has 0 fully saturated rings. The van der Waals surface area contributed by atoms with Gasteiger partial charge in [-0.25, -0.2) is 4.98 Å². The molecule has 1 N–H and O–H groups in total. The Morgan fingerprint density at radius 1 is 1.42 bits per heavy atom. The van der Waals surface area contributed by atoms with E-state index in [0.29, 0.717) is 10.6 Å². The highest BCUT2D eigenvalue weighted by molar-refractivity contribution is 7.09. The molecule has 138 valence electrons. The van der Waals surface area contributed by atoms with Crippen LogP contribution in [0.5, 0.6) is 11.5 Å². The molecule has 26 heavy (non-hydrogen) atoms. The summed E-state index contributed by atoms with van der Waals surface area (Å²) in [5.41, 5.74) is 1.37. The van der Waals surface area contributed by atoms with Crippen molar-refractivity contribution in [3.05, 3.63) is 39.8 Å². The van der Waals surface area contributed by atoms with Crippen molar-refractivity contribution < 1.29 is 23.0 Å². The molecule has 6 nitrogen and oxygen atoms in total. The van der Waals surface area contributed by atoms with Gasteiger partial charge in [-0.15, -0.1) is 11.3 Å². The summed E-state index contributed by atoms with van der Waals surface area (Å²) in [6, 6.07) is 6.34. The third-order valence-corrected chi connectivity index (χ3v) is 4.29. The maximum Gasteiger partial charge on any atom is 0.387 e. The van der Waals surface area contributed by atoms with Gasteiger partial charge in [0, 0.05) is 17.6 Å². The average molecular weight is 381 g/mol. The minimum Gasteiger partial charge on any atom is -0.490 e. The molecule has 1 amide bonds. The van der Waals surface area contributed by atoms with E-state index in [1.54, 1.807) is 19.2 Å². The van der Waals surface area contributed by atoms with Gasteiger partial charge in [-0.1, -0.05) is 6.07 Å². The van der Waals surface area contributed by atoms with E-state index < -0.39 is 18.4 Å². The predicted molar refractivity (Wildman–Crippen MR) is 91.3 cm³/mol. The fraction of sp³-hybridized carbons (Fsp3) is 0.353. The number of alkyl halides is 2. The molecule has 0 bridgehead atoms. The van der Waals surface area contributed by atoms with E-state index in [1.807, 2.05) is 6.07 Å². The Labute approximate surface area is 153 Å². The van der Waals surface area contributed by atoms with E-state index in [2.05, 4.69) is 15.0 Å². The van der Waals surface area contributed by atoms with Crippen LogP contribution in [-0.2, 0) is 11.3 Å². The van der Waals surface area contributed by atoms with Crippen molar-refractivity contribution in [2.24, 2.45) is 0 Å². The largest absolute Gasteiger partial charge is 0.490 e. The second-order valence-electron chi connectivity index (χ2n) is 5.20. The first-order valence-electron chi connectivity index (χ1n) is 7.74. The van der Waals surface area contributed by atoms with Crippen molar-refractivity contribution in [2.75, 3.05) is 6.61 Å². The number of thiazole rings is 1. The zero-order chi connectivity index (χ0) is 19.1. The van der Waals surface area contributed by atoms with E-state index in [0.717, 1.165) is 5.69 Å². The van der Waals surface area contributed by atoms with Gasteiger partial charge in [0.2, 0.25) is 5.91 Å². The lowest BCUT2D eigenvalue weighted by Gasteiger charge is -2.13. The molecule has 1 unspecified atom stereocenters. The number of carbonyl (C=O) groups is 1. The molecule has 2 rings (SSSR count). The third-order valence-electron chi connectivity index (χ3n) is 3.27. The monoisotopic (exact) mass is 381 g/mol. The number of carbonyl (C=O) groups excluding carboxylic acids is 1. The molecule has 1 aromatic heterocycles. The van der Waals surface area contributed by atoms with Gasteiger partial charge in [0.1, 0.15) is 5.01 Å². The standard InChI is InChI=1S/C17H17F2N3O3S/c1-3-24-14-6-11(4-5-13(14)25-17(18)19)8-21-15(23)12(7-20)16-22-10(2)9-26-16/h4-6,9,12,17H,3,8H2,1-2H3,(H,21,23). The van der Waals surface area contributed by atoms with E-state index in [4.69, 9.17) is 4.74 Å². The summed E-state index contributed by atoms with van der Waals surface area (Å²) in [6.45, 7) is 0.919. The smallest absolute Gasteiger partial charge is 0.387 e. The lowest BCUT2D eigenvalue weighted by atomic mass is 10.1. The molecule has 1 heterocycles. The predicted octanol–water partition coefficient (Wildman–Crippen LogP) is 3.38. The number of halogens is 2. The minimum absolute atomic E-state index is 0.0786. The summed E-state index contributed by atoms with van der Waals surface area (Å²) in [7, 11) is 0. The van der Waals surface area contributed by atoms with Crippen molar-refractivity contribution >= 4 is 17.2 Å². The van der Waals surface area contributed by atoms with Crippen LogP contribution < -0.4 is 14.8 Å². The topological polar surface area (TPSA) is 84.2 Å². The Morgan fingerprint density at radius 2 is 2.19 bits per heavy atom. The number of hydrogen-bond donors (Lipinski definition) is 1. The van der Waals surface area contributed by atoms with Crippen LogP contribution in [0.25, 0.3) is 0 Å². The Bertz CT molecular complexity index is 805. The number of benzene rings is 1. The fourth-order valence-corrected chi connectivity index (χ4v) is 2.98. The zero-order valence-electron chi connectivity index (χ0n) is 14.2. The van der Waals surface area contributed by atoms with Gasteiger partial charge in [0.15, 0.2) is 17.4 Å². The first-order chi connectivity index (χ1) is 12.4. The highest BCUT2D eigenvalue weighted by Gasteiger charge is 2.23. The number of hydrogen-bond acceptors (Lipinski definition) is 6. The molecule has 1 atom stereocenters. The Kier molecular flexibility index (Phi) is 6.86. The number of ether oxygens (including phenoxy) is 2. The quantitative estimate of drug-likeness (QED) is 0.758.